The molecule has 4 aliphatic rings. The van der Waals surface area contributed by atoms with Crippen LogP contribution in [0.5, 0.6) is 0 Å². The quantitative estimate of drug-likeness (QED) is 0.692. The van der Waals surface area contributed by atoms with Crippen LogP contribution in [0.1, 0.15) is 19.3 Å². The standard InChI is InChI=1S/C18H30N4O2/c1-19(2)8-4-5-17(23)22-15-11-16(22)13-21(12-15)18(24)14-6-9-20(3)10-7-14/h4-5,14-16H,6-13H2,1-3H3/b5-4+. The Bertz CT molecular complexity index is 499. The lowest BCUT2D eigenvalue weighted by molar-refractivity contribution is -0.159. The molecule has 2 amide bonds. The predicted octanol–water partition coefficient (Wildman–Crippen LogP) is 0.258. The summed E-state index contributed by atoms with van der Waals surface area (Å²) >= 11 is 0. The molecule has 4 rings (SSSR count). The summed E-state index contributed by atoms with van der Waals surface area (Å²) in [5.41, 5.74) is 0. The lowest BCUT2D eigenvalue weighted by Crippen LogP contribution is -2.71. The van der Waals surface area contributed by atoms with Gasteiger partial charge in [0.25, 0.3) is 0 Å². The molecule has 24 heavy (non-hydrogen) atoms. The molecule has 4 saturated heterocycles. The van der Waals surface area contributed by atoms with Crippen molar-refractivity contribution in [3.63, 3.8) is 0 Å². The Morgan fingerprint density at radius 1 is 1.12 bits per heavy atom. The van der Waals surface area contributed by atoms with Crippen LogP contribution in [0.3, 0.4) is 0 Å². The van der Waals surface area contributed by atoms with Gasteiger partial charge in [0.05, 0.1) is 12.1 Å². The number of nitrogens with zero attached hydrogens (tertiary/aromatic N) is 4. The molecule has 0 aromatic carbocycles. The van der Waals surface area contributed by atoms with Gasteiger partial charge >= 0.3 is 0 Å². The highest BCUT2D eigenvalue weighted by Crippen LogP contribution is 2.34. The monoisotopic (exact) mass is 334 g/mol. The Morgan fingerprint density at radius 2 is 1.75 bits per heavy atom. The molecule has 6 nitrogen and oxygen atoms in total. The molecule has 0 spiro atoms. The van der Waals surface area contributed by atoms with E-state index in [2.05, 4.69) is 11.9 Å². The van der Waals surface area contributed by atoms with Crippen LogP contribution in [-0.4, -0.2) is 97.4 Å². The van der Waals surface area contributed by atoms with Gasteiger partial charge < -0.3 is 19.6 Å². The summed E-state index contributed by atoms with van der Waals surface area (Å²) in [6, 6.07) is 0.436. The number of carbonyl (C=O) groups excluding carboxylic acids is 2. The normalized spacial score (nSPS) is 28.5. The van der Waals surface area contributed by atoms with Gasteiger partial charge in [0.15, 0.2) is 0 Å². The maximum Gasteiger partial charge on any atom is 0.246 e. The third kappa shape index (κ3) is 3.64. The van der Waals surface area contributed by atoms with Crippen LogP contribution < -0.4 is 0 Å². The number of hydrogen-bond donors (Lipinski definition) is 0. The molecule has 0 radical (unpaired) electrons. The molecule has 0 aromatic rings. The zero-order valence-corrected chi connectivity index (χ0v) is 15.1. The van der Waals surface area contributed by atoms with Crippen molar-refractivity contribution in [1.29, 1.82) is 0 Å². The molecule has 2 atom stereocenters. The number of rotatable bonds is 4. The summed E-state index contributed by atoms with van der Waals surface area (Å²) < 4.78 is 0. The molecular formula is C18H30N4O2. The molecule has 0 aromatic heterocycles. The average molecular weight is 334 g/mol. The van der Waals surface area contributed by atoms with E-state index in [4.69, 9.17) is 0 Å². The van der Waals surface area contributed by atoms with E-state index in [9.17, 15) is 9.59 Å². The highest BCUT2D eigenvalue weighted by atomic mass is 16.2. The minimum absolute atomic E-state index is 0.101. The van der Waals surface area contributed by atoms with E-state index in [0.29, 0.717) is 5.91 Å². The van der Waals surface area contributed by atoms with Crippen molar-refractivity contribution < 1.29 is 9.59 Å². The largest absolute Gasteiger partial charge is 0.338 e. The highest BCUT2D eigenvalue weighted by molar-refractivity contribution is 5.89. The molecule has 4 fully saturated rings. The summed E-state index contributed by atoms with van der Waals surface area (Å²) in [4.78, 5) is 33.4. The molecule has 0 saturated carbocycles. The van der Waals surface area contributed by atoms with Crippen LogP contribution in [0, 0.1) is 5.92 Å². The molecule has 0 N–H and O–H groups in total. The maximum atomic E-state index is 12.7. The number of piperidine rings is 2. The van der Waals surface area contributed by atoms with Crippen molar-refractivity contribution in [2.24, 2.45) is 5.92 Å². The van der Waals surface area contributed by atoms with Gasteiger partial charge in [0, 0.05) is 31.6 Å². The fourth-order valence-electron chi connectivity index (χ4n) is 4.11. The molecule has 6 heteroatoms. The second-order valence-corrected chi connectivity index (χ2v) is 7.77. The Balaban J connectivity index is 1.51. The second-order valence-electron chi connectivity index (χ2n) is 7.77. The fourth-order valence-corrected chi connectivity index (χ4v) is 4.11. The van der Waals surface area contributed by atoms with Crippen molar-refractivity contribution in [3.8, 4) is 0 Å². The van der Waals surface area contributed by atoms with Crippen molar-refractivity contribution in [3.05, 3.63) is 12.2 Å². The molecule has 2 unspecified atom stereocenters. The number of likely N-dealkylation sites (N-methyl/N-ethyl adjacent to an activating group) is 1. The van der Waals surface area contributed by atoms with E-state index >= 15 is 0 Å². The van der Waals surface area contributed by atoms with Crippen molar-refractivity contribution >= 4 is 11.8 Å². The maximum absolute atomic E-state index is 12.7. The molecule has 134 valence electrons. The average Bonchev–Trinajstić information content (AvgIpc) is 2.54. The first-order valence-electron chi connectivity index (χ1n) is 9.06. The van der Waals surface area contributed by atoms with E-state index in [0.717, 1.165) is 52.0 Å². The third-order valence-electron chi connectivity index (χ3n) is 5.56. The summed E-state index contributed by atoms with van der Waals surface area (Å²) in [6.07, 6.45) is 6.59. The number of piperazine rings is 1. The molecule has 0 aliphatic carbocycles. The number of fused-ring (bicyclic) bond motifs is 2. The second kappa shape index (κ2) is 7.23. The van der Waals surface area contributed by atoms with Gasteiger partial charge in [-0.2, -0.15) is 0 Å². The van der Waals surface area contributed by atoms with E-state index in [1.807, 2.05) is 34.9 Å². The minimum atomic E-state index is 0.101. The summed E-state index contributed by atoms with van der Waals surface area (Å²) in [5, 5.41) is 0. The number of amides is 2. The molecule has 4 aliphatic heterocycles. The Labute approximate surface area is 145 Å². The smallest absolute Gasteiger partial charge is 0.246 e. The van der Waals surface area contributed by atoms with Gasteiger partial charge in [-0.25, -0.2) is 0 Å². The van der Waals surface area contributed by atoms with Crippen LogP contribution in [0.25, 0.3) is 0 Å². The van der Waals surface area contributed by atoms with E-state index in [-0.39, 0.29) is 23.9 Å². The van der Waals surface area contributed by atoms with Crippen molar-refractivity contribution in [2.75, 3.05) is 53.9 Å². The van der Waals surface area contributed by atoms with Crippen molar-refractivity contribution in [2.45, 2.75) is 31.3 Å². The van der Waals surface area contributed by atoms with Gasteiger partial charge in [0.2, 0.25) is 11.8 Å². The van der Waals surface area contributed by atoms with E-state index in [1.165, 1.54) is 0 Å². The van der Waals surface area contributed by atoms with Gasteiger partial charge in [-0.3, -0.25) is 9.59 Å². The third-order valence-corrected chi connectivity index (χ3v) is 5.56. The first kappa shape index (κ1) is 17.4. The van der Waals surface area contributed by atoms with Gasteiger partial charge in [-0.15, -0.1) is 0 Å². The minimum Gasteiger partial charge on any atom is -0.338 e. The zero-order valence-electron chi connectivity index (χ0n) is 15.1. The Hall–Kier alpha value is -1.40. The van der Waals surface area contributed by atoms with Crippen LogP contribution in [0.15, 0.2) is 12.2 Å². The fraction of sp³-hybridized carbons (Fsp3) is 0.778. The SMILES string of the molecule is CN(C)C/C=C/C(=O)N1C2CC1CN(C(=O)C1CCN(C)CC1)C2. The van der Waals surface area contributed by atoms with Gasteiger partial charge in [0.1, 0.15) is 0 Å². The summed E-state index contributed by atoms with van der Waals surface area (Å²) in [6.45, 7) is 4.23. The van der Waals surface area contributed by atoms with Crippen LogP contribution in [0.2, 0.25) is 0 Å². The molecule has 4 heterocycles. The lowest BCUT2D eigenvalue weighted by Gasteiger charge is -2.56. The number of likely N-dealkylation sites (tertiary alicyclic amines) is 1. The number of carbonyl (C=O) groups is 2. The zero-order chi connectivity index (χ0) is 17.3. The summed E-state index contributed by atoms with van der Waals surface area (Å²) in [7, 11) is 6.09. The van der Waals surface area contributed by atoms with E-state index < -0.39 is 0 Å². The summed E-state index contributed by atoms with van der Waals surface area (Å²) in [5.74, 6) is 0.598. The van der Waals surface area contributed by atoms with E-state index in [1.54, 1.807) is 6.08 Å². The lowest BCUT2D eigenvalue weighted by atomic mass is 9.85. The van der Waals surface area contributed by atoms with Gasteiger partial charge in [-0.05, 0) is 53.5 Å². The first-order valence-corrected chi connectivity index (χ1v) is 9.06. The van der Waals surface area contributed by atoms with Crippen LogP contribution >= 0.6 is 0 Å². The predicted molar refractivity (Wildman–Crippen MR) is 93.5 cm³/mol. The molecular weight excluding hydrogens is 304 g/mol. The Morgan fingerprint density at radius 3 is 2.33 bits per heavy atom. The Kier molecular flexibility index (Phi) is 5.25. The molecule has 2 bridgehead atoms. The van der Waals surface area contributed by atoms with Crippen molar-refractivity contribution in [1.82, 2.24) is 19.6 Å². The van der Waals surface area contributed by atoms with Gasteiger partial charge in [-0.1, -0.05) is 6.08 Å². The first-order chi connectivity index (χ1) is 11.5. The number of hydrogen-bond acceptors (Lipinski definition) is 4. The topological polar surface area (TPSA) is 47.1 Å². The highest BCUT2D eigenvalue weighted by Gasteiger charge is 2.48. The van der Waals surface area contributed by atoms with Crippen LogP contribution in [-0.2, 0) is 9.59 Å². The van der Waals surface area contributed by atoms with Crippen LogP contribution in [0.4, 0.5) is 0 Å².